The molecule has 0 radical (unpaired) electrons. The molecule has 3 N–H and O–H groups in total. The molecule has 2 aliphatic rings. The summed E-state index contributed by atoms with van der Waals surface area (Å²) in [7, 11) is 0. The molecule has 0 aliphatic carbocycles. The Morgan fingerprint density at radius 2 is 2.33 bits per heavy atom. The zero-order chi connectivity index (χ0) is 17.1. The fourth-order valence-electron chi connectivity index (χ4n) is 3.28. The number of carboxylic acid groups (broad SMARTS) is 1. The molecule has 1 aromatic carbocycles. The second-order valence-electron chi connectivity index (χ2n) is 5.68. The molecule has 3 heterocycles. The van der Waals surface area contributed by atoms with Gasteiger partial charge in [0.25, 0.3) is 6.47 Å². The molecule has 2 bridgehead atoms. The zero-order valence-corrected chi connectivity index (χ0v) is 14.0. The smallest absolute Gasteiger partial charge is 0.290 e. The minimum atomic E-state index is -0.250. The van der Waals surface area contributed by atoms with E-state index in [1.165, 1.54) is 11.5 Å². The van der Waals surface area contributed by atoms with Crippen LogP contribution in [-0.2, 0) is 4.79 Å². The summed E-state index contributed by atoms with van der Waals surface area (Å²) in [5, 5.41) is 14.6. The van der Waals surface area contributed by atoms with Gasteiger partial charge < -0.3 is 20.5 Å². The molecule has 3 atom stereocenters. The van der Waals surface area contributed by atoms with E-state index in [0.717, 1.165) is 28.8 Å². The molecule has 0 amide bonds. The van der Waals surface area contributed by atoms with Crippen LogP contribution in [0.4, 0.5) is 0 Å². The highest BCUT2D eigenvalue weighted by Crippen LogP contribution is 2.30. The van der Waals surface area contributed by atoms with Gasteiger partial charge in [-0.15, -0.1) is 0 Å². The fraction of sp³-hybridized carbons (Fsp3) is 0.438. The third-order valence-electron chi connectivity index (χ3n) is 4.25. The molecule has 2 saturated heterocycles. The number of benzene rings is 1. The van der Waals surface area contributed by atoms with Gasteiger partial charge in [-0.3, -0.25) is 9.59 Å². The summed E-state index contributed by atoms with van der Waals surface area (Å²) in [6.07, 6.45) is 1.03. The summed E-state index contributed by atoms with van der Waals surface area (Å²) in [5.41, 5.74) is 0.588. The lowest BCUT2D eigenvalue weighted by molar-refractivity contribution is -0.122. The molecule has 1 unspecified atom stereocenters. The summed E-state index contributed by atoms with van der Waals surface area (Å²) in [4.78, 5) is 21.1. The molecular formula is C16H19N3O4S. The lowest BCUT2D eigenvalue weighted by atomic mass is 10.0. The van der Waals surface area contributed by atoms with Gasteiger partial charge in [0.15, 0.2) is 0 Å². The van der Waals surface area contributed by atoms with Crippen molar-refractivity contribution < 1.29 is 19.4 Å². The quantitative estimate of drug-likeness (QED) is 0.565. The maximum Gasteiger partial charge on any atom is 0.290 e. The van der Waals surface area contributed by atoms with Crippen molar-refractivity contribution in [3.05, 3.63) is 23.9 Å². The van der Waals surface area contributed by atoms with E-state index in [1.54, 1.807) is 0 Å². The zero-order valence-electron chi connectivity index (χ0n) is 13.2. The molecule has 8 heteroatoms. The Morgan fingerprint density at radius 3 is 2.96 bits per heavy atom. The minimum Gasteiger partial charge on any atom is -0.494 e. The van der Waals surface area contributed by atoms with Gasteiger partial charge in [0.1, 0.15) is 11.4 Å². The Hall–Kier alpha value is -2.03. The van der Waals surface area contributed by atoms with E-state index in [2.05, 4.69) is 15.0 Å². The predicted octanol–water partition coefficient (Wildman–Crippen LogP) is 1.28. The average molecular weight is 349 g/mol. The summed E-state index contributed by atoms with van der Waals surface area (Å²) in [5.74, 6) is 0.928. The van der Waals surface area contributed by atoms with E-state index in [4.69, 9.17) is 14.6 Å². The van der Waals surface area contributed by atoms with Crippen LogP contribution >= 0.6 is 11.5 Å². The van der Waals surface area contributed by atoms with Gasteiger partial charge in [-0.05, 0) is 43.1 Å². The fourth-order valence-corrected chi connectivity index (χ4v) is 4.09. The Morgan fingerprint density at radius 1 is 1.54 bits per heavy atom. The van der Waals surface area contributed by atoms with Crippen molar-refractivity contribution >= 4 is 33.9 Å². The topological polar surface area (TPSA) is 101 Å². The number of hydrogen-bond acceptors (Lipinski definition) is 7. The van der Waals surface area contributed by atoms with Crippen LogP contribution in [-0.4, -0.2) is 53.0 Å². The standard InChI is InChI=1S/C15H17N3O2S.CH2O2/c1-2-20-9-3-4-10-12(6-9)21-18-13(10)15(19)14-11-5-8(17-14)7-16-11;2-1-3/h3-4,6,8,11,14,16-17H,2,5,7H2,1H3;1H,(H,2,3)/t8-,11+,14?;/m1./s1. The first-order valence-corrected chi connectivity index (χ1v) is 8.59. The number of carbonyl (C=O) groups is 2. The monoisotopic (exact) mass is 349 g/mol. The van der Waals surface area contributed by atoms with Gasteiger partial charge in [-0.2, -0.15) is 4.37 Å². The van der Waals surface area contributed by atoms with Crippen LogP contribution in [0, 0.1) is 0 Å². The maximum atomic E-state index is 12.7. The number of nitrogens with one attached hydrogen (secondary N) is 2. The van der Waals surface area contributed by atoms with Crippen LogP contribution in [0.2, 0.25) is 0 Å². The van der Waals surface area contributed by atoms with E-state index in [9.17, 15) is 4.79 Å². The summed E-state index contributed by atoms with van der Waals surface area (Å²) in [6, 6.07) is 6.35. The van der Waals surface area contributed by atoms with Gasteiger partial charge in [-0.25, -0.2) is 0 Å². The predicted molar refractivity (Wildman–Crippen MR) is 90.9 cm³/mol. The van der Waals surface area contributed by atoms with Crippen molar-refractivity contribution in [2.75, 3.05) is 13.2 Å². The summed E-state index contributed by atoms with van der Waals surface area (Å²) >= 11 is 1.36. The van der Waals surface area contributed by atoms with Gasteiger partial charge in [0.05, 0.1) is 17.3 Å². The second kappa shape index (κ2) is 7.25. The van der Waals surface area contributed by atoms with E-state index in [1.807, 2.05) is 25.1 Å². The third-order valence-corrected chi connectivity index (χ3v) is 5.06. The third kappa shape index (κ3) is 3.12. The second-order valence-corrected chi connectivity index (χ2v) is 6.49. The first-order valence-electron chi connectivity index (χ1n) is 7.81. The Balaban J connectivity index is 0.000000526. The van der Waals surface area contributed by atoms with Gasteiger partial charge >= 0.3 is 0 Å². The summed E-state index contributed by atoms with van der Waals surface area (Å²) in [6.45, 7) is 3.31. The molecule has 7 nitrogen and oxygen atoms in total. The number of carbonyl (C=O) groups excluding carboxylic acids is 1. The number of rotatable bonds is 4. The molecule has 0 spiro atoms. The Bertz CT molecular complexity index is 748. The molecule has 4 rings (SSSR count). The number of fused-ring (bicyclic) bond motifs is 3. The van der Waals surface area contributed by atoms with Crippen molar-refractivity contribution in [3.63, 3.8) is 0 Å². The number of piperazine rings is 1. The average Bonchev–Trinajstić information content (AvgIpc) is 3.30. The molecule has 0 saturated carbocycles. The molecule has 2 fully saturated rings. The van der Waals surface area contributed by atoms with Crippen LogP contribution in [0.15, 0.2) is 18.2 Å². The van der Waals surface area contributed by atoms with Crippen LogP contribution in [0.25, 0.3) is 10.1 Å². The first-order chi connectivity index (χ1) is 11.7. The van der Waals surface area contributed by atoms with Gasteiger partial charge in [0.2, 0.25) is 5.78 Å². The van der Waals surface area contributed by atoms with Crippen molar-refractivity contribution in [2.24, 2.45) is 0 Å². The van der Waals surface area contributed by atoms with Crippen LogP contribution in [0.1, 0.15) is 23.8 Å². The molecule has 24 heavy (non-hydrogen) atoms. The maximum absolute atomic E-state index is 12.7. The SMILES string of the molecule is CCOc1ccc2c(C(=O)C3N[C@H]4CN[C@H]3C4)nsc2c1.O=CO. The van der Waals surface area contributed by atoms with Crippen molar-refractivity contribution in [3.8, 4) is 5.75 Å². The number of ether oxygens (including phenoxy) is 1. The van der Waals surface area contributed by atoms with Crippen LogP contribution in [0.5, 0.6) is 5.75 Å². The first kappa shape index (κ1) is 16.8. The number of ketones is 1. The van der Waals surface area contributed by atoms with Crippen LogP contribution < -0.4 is 15.4 Å². The van der Waals surface area contributed by atoms with Crippen molar-refractivity contribution in [2.45, 2.75) is 31.5 Å². The van der Waals surface area contributed by atoms with E-state index in [0.29, 0.717) is 18.3 Å². The molecule has 2 aromatic rings. The Kier molecular flexibility index (Phi) is 5.08. The highest BCUT2D eigenvalue weighted by Gasteiger charge is 2.43. The van der Waals surface area contributed by atoms with Gasteiger partial charge in [-0.1, -0.05) is 0 Å². The van der Waals surface area contributed by atoms with E-state index >= 15 is 0 Å². The molecule has 2 aliphatic heterocycles. The number of Topliss-reactive ketones (excluding diaryl/α,β-unsaturated/α-hetero) is 1. The molecule has 128 valence electrons. The van der Waals surface area contributed by atoms with E-state index in [-0.39, 0.29) is 24.3 Å². The number of hydrogen-bond donors (Lipinski definition) is 3. The highest BCUT2D eigenvalue weighted by molar-refractivity contribution is 7.13. The van der Waals surface area contributed by atoms with Crippen LogP contribution in [0.3, 0.4) is 0 Å². The molecule has 1 aromatic heterocycles. The highest BCUT2D eigenvalue weighted by atomic mass is 32.1. The number of aromatic nitrogens is 1. The lowest BCUT2D eigenvalue weighted by Crippen LogP contribution is -2.52. The van der Waals surface area contributed by atoms with Crippen molar-refractivity contribution in [1.29, 1.82) is 0 Å². The number of nitrogens with zero attached hydrogens (tertiary/aromatic N) is 1. The van der Waals surface area contributed by atoms with E-state index < -0.39 is 0 Å². The molecular weight excluding hydrogens is 330 g/mol. The minimum absolute atomic E-state index is 0.102. The normalized spacial score (nSPS) is 24.5. The van der Waals surface area contributed by atoms with Crippen molar-refractivity contribution in [1.82, 2.24) is 15.0 Å². The summed E-state index contributed by atoms with van der Waals surface area (Å²) < 4.78 is 10.9. The Labute approximate surface area is 143 Å². The van der Waals surface area contributed by atoms with Gasteiger partial charge in [0, 0.05) is 24.0 Å². The lowest BCUT2D eigenvalue weighted by Gasteiger charge is -2.22. The largest absolute Gasteiger partial charge is 0.494 e.